The summed E-state index contributed by atoms with van der Waals surface area (Å²) < 4.78 is 19.7. The van der Waals surface area contributed by atoms with Crippen molar-refractivity contribution in [3.05, 3.63) is 30.6 Å². The summed E-state index contributed by atoms with van der Waals surface area (Å²) in [5, 5.41) is 2.89. The molecule has 3 aromatic rings. The monoisotopic (exact) mass is 436 g/mol. The molecule has 0 bridgehead atoms. The number of amides is 1. The normalized spacial score (nSPS) is 19.1. The highest BCUT2D eigenvalue weighted by Gasteiger charge is 2.31. The molecule has 168 valence electrons. The summed E-state index contributed by atoms with van der Waals surface area (Å²) in [6.45, 7) is 5.13. The largest absolute Gasteiger partial charge is 0.493 e. The molecule has 2 aromatic heterocycles. The Morgan fingerprint density at radius 1 is 1.25 bits per heavy atom. The van der Waals surface area contributed by atoms with Gasteiger partial charge in [0, 0.05) is 30.5 Å². The van der Waals surface area contributed by atoms with E-state index in [0.717, 1.165) is 35.1 Å². The van der Waals surface area contributed by atoms with Crippen LogP contribution in [0.5, 0.6) is 17.4 Å². The van der Waals surface area contributed by atoms with Gasteiger partial charge >= 0.3 is 0 Å². The fourth-order valence-corrected chi connectivity index (χ4v) is 4.22. The number of nitrogens with zero attached hydrogens (tertiary/aromatic N) is 3. The average Bonchev–Trinajstić information content (AvgIpc) is 3.39. The van der Waals surface area contributed by atoms with Gasteiger partial charge in [0.1, 0.15) is 11.6 Å². The summed E-state index contributed by atoms with van der Waals surface area (Å²) in [6.07, 6.45) is 4.48. The molecule has 8 nitrogen and oxygen atoms in total. The van der Waals surface area contributed by atoms with Gasteiger partial charge in [0.15, 0.2) is 11.5 Å². The number of nitrogens with one attached hydrogen (secondary N) is 1. The molecule has 1 aliphatic heterocycles. The van der Waals surface area contributed by atoms with Crippen LogP contribution in [0, 0.1) is 5.92 Å². The second kappa shape index (κ2) is 8.33. The van der Waals surface area contributed by atoms with Gasteiger partial charge in [0.2, 0.25) is 11.8 Å². The van der Waals surface area contributed by atoms with Crippen molar-refractivity contribution in [2.24, 2.45) is 5.92 Å². The number of ether oxygens (including phenoxy) is 3. The smallest absolute Gasteiger partial charge is 0.241 e. The number of imidazole rings is 1. The van der Waals surface area contributed by atoms with Crippen molar-refractivity contribution in [1.29, 1.82) is 0 Å². The van der Waals surface area contributed by atoms with Crippen molar-refractivity contribution in [3.63, 3.8) is 0 Å². The van der Waals surface area contributed by atoms with Crippen LogP contribution in [0.25, 0.3) is 22.3 Å². The highest BCUT2D eigenvalue weighted by Crippen LogP contribution is 2.41. The zero-order chi connectivity index (χ0) is 22.2. The second-order valence-electron chi connectivity index (χ2n) is 8.45. The Labute approximate surface area is 186 Å². The van der Waals surface area contributed by atoms with Gasteiger partial charge in [-0.3, -0.25) is 4.79 Å². The van der Waals surface area contributed by atoms with Crippen LogP contribution in [0.4, 0.5) is 0 Å². The quantitative estimate of drug-likeness (QED) is 0.579. The number of rotatable bonds is 8. The van der Waals surface area contributed by atoms with E-state index < -0.39 is 0 Å². The summed E-state index contributed by atoms with van der Waals surface area (Å²) in [5.74, 6) is 2.09. The van der Waals surface area contributed by atoms with E-state index in [9.17, 15) is 4.79 Å². The lowest BCUT2D eigenvalue weighted by atomic mass is 10.0. The first-order valence-corrected chi connectivity index (χ1v) is 11.2. The number of carbonyl (C=O) groups is 1. The first-order valence-electron chi connectivity index (χ1n) is 11.2. The van der Waals surface area contributed by atoms with Gasteiger partial charge < -0.3 is 24.1 Å². The van der Waals surface area contributed by atoms with Gasteiger partial charge in [-0.25, -0.2) is 9.97 Å². The Bertz CT molecular complexity index is 1150. The van der Waals surface area contributed by atoms with Crippen LogP contribution in [-0.4, -0.2) is 46.8 Å². The van der Waals surface area contributed by atoms with Gasteiger partial charge in [-0.1, -0.05) is 0 Å². The Balaban J connectivity index is 1.55. The molecule has 32 heavy (non-hydrogen) atoms. The predicted octanol–water partition coefficient (Wildman–Crippen LogP) is 3.74. The van der Waals surface area contributed by atoms with Crippen molar-refractivity contribution in [2.75, 3.05) is 20.3 Å². The molecule has 1 aromatic carbocycles. The summed E-state index contributed by atoms with van der Waals surface area (Å²) in [5.41, 5.74) is 3.40. The van der Waals surface area contributed by atoms with Crippen LogP contribution in [0.15, 0.2) is 30.6 Å². The lowest BCUT2D eigenvalue weighted by molar-refractivity contribution is -0.119. The van der Waals surface area contributed by atoms with Crippen LogP contribution in [0.1, 0.15) is 39.2 Å². The number of aromatic nitrogens is 3. The lowest BCUT2D eigenvalue weighted by Crippen LogP contribution is -2.26. The van der Waals surface area contributed by atoms with E-state index in [4.69, 9.17) is 19.2 Å². The minimum atomic E-state index is -0.155. The molecule has 2 fully saturated rings. The SMILES string of the molecule is CCOc1ccc(-c2cc3ncn(C4CC4)c3c(OC(C)C3CNC(=O)C3)n2)cc1OC. The number of hydrogen-bond acceptors (Lipinski definition) is 6. The molecule has 0 spiro atoms. The molecule has 0 radical (unpaired) electrons. The van der Waals surface area contributed by atoms with Crippen molar-refractivity contribution < 1.29 is 19.0 Å². The van der Waals surface area contributed by atoms with Crippen LogP contribution in [0.3, 0.4) is 0 Å². The molecule has 1 saturated carbocycles. The third kappa shape index (κ3) is 3.85. The van der Waals surface area contributed by atoms with Crippen LogP contribution < -0.4 is 19.5 Å². The van der Waals surface area contributed by atoms with E-state index in [1.807, 2.05) is 44.4 Å². The molecule has 1 saturated heterocycles. The van der Waals surface area contributed by atoms with Crippen LogP contribution in [0.2, 0.25) is 0 Å². The first-order chi connectivity index (χ1) is 15.6. The van der Waals surface area contributed by atoms with E-state index in [1.54, 1.807) is 7.11 Å². The van der Waals surface area contributed by atoms with E-state index in [1.165, 1.54) is 0 Å². The number of pyridine rings is 1. The lowest BCUT2D eigenvalue weighted by Gasteiger charge is -2.20. The topological polar surface area (TPSA) is 87.5 Å². The summed E-state index contributed by atoms with van der Waals surface area (Å²) >= 11 is 0. The molecule has 5 rings (SSSR count). The number of carbonyl (C=O) groups excluding carboxylic acids is 1. The highest BCUT2D eigenvalue weighted by molar-refractivity contribution is 5.85. The maximum atomic E-state index is 11.7. The molecule has 1 amide bonds. The zero-order valence-electron chi connectivity index (χ0n) is 18.6. The minimum Gasteiger partial charge on any atom is -0.493 e. The second-order valence-corrected chi connectivity index (χ2v) is 8.45. The molecular formula is C24H28N4O4. The van der Waals surface area contributed by atoms with Crippen molar-refractivity contribution in [2.45, 2.75) is 45.3 Å². The van der Waals surface area contributed by atoms with E-state index in [2.05, 4.69) is 14.9 Å². The standard InChI is InChI=1S/C24H28N4O4/c1-4-31-20-8-5-15(9-21(20)30-3)18-11-19-23(28(13-26-19)17-6-7-17)24(27-18)32-14(2)16-10-22(29)25-12-16/h5,8-9,11,13-14,16-17H,4,6-7,10,12H2,1-3H3,(H,25,29). The summed E-state index contributed by atoms with van der Waals surface area (Å²) in [7, 11) is 1.63. The van der Waals surface area contributed by atoms with Gasteiger partial charge in [-0.05, 0) is 51.0 Å². The molecule has 2 aliphatic rings. The van der Waals surface area contributed by atoms with Gasteiger partial charge in [-0.15, -0.1) is 0 Å². The minimum absolute atomic E-state index is 0.0711. The van der Waals surface area contributed by atoms with Crippen LogP contribution >= 0.6 is 0 Å². The van der Waals surface area contributed by atoms with Gasteiger partial charge in [0.05, 0.1) is 31.3 Å². The maximum Gasteiger partial charge on any atom is 0.241 e. The number of benzene rings is 1. The van der Waals surface area contributed by atoms with Crippen molar-refractivity contribution in [1.82, 2.24) is 19.9 Å². The molecule has 2 unspecified atom stereocenters. The van der Waals surface area contributed by atoms with Gasteiger partial charge in [-0.2, -0.15) is 0 Å². The van der Waals surface area contributed by atoms with Crippen LogP contribution in [-0.2, 0) is 4.79 Å². The number of fused-ring (bicyclic) bond motifs is 1. The molecule has 2 atom stereocenters. The first kappa shape index (κ1) is 20.6. The molecule has 1 aliphatic carbocycles. The average molecular weight is 437 g/mol. The predicted molar refractivity (Wildman–Crippen MR) is 120 cm³/mol. The fourth-order valence-electron chi connectivity index (χ4n) is 4.22. The Kier molecular flexibility index (Phi) is 5.36. The zero-order valence-corrected chi connectivity index (χ0v) is 18.6. The summed E-state index contributed by atoms with van der Waals surface area (Å²) in [4.78, 5) is 21.3. The van der Waals surface area contributed by atoms with Crippen molar-refractivity contribution >= 4 is 16.9 Å². The molecule has 1 N–H and O–H groups in total. The van der Waals surface area contributed by atoms with E-state index in [-0.39, 0.29) is 17.9 Å². The number of hydrogen-bond donors (Lipinski definition) is 1. The Morgan fingerprint density at radius 2 is 2.09 bits per heavy atom. The van der Waals surface area contributed by atoms with Crippen molar-refractivity contribution in [3.8, 4) is 28.6 Å². The summed E-state index contributed by atoms with van der Waals surface area (Å²) in [6, 6.07) is 8.22. The van der Waals surface area contributed by atoms with E-state index >= 15 is 0 Å². The highest BCUT2D eigenvalue weighted by atomic mass is 16.5. The number of methoxy groups -OCH3 is 1. The van der Waals surface area contributed by atoms with E-state index in [0.29, 0.717) is 43.0 Å². The molecule has 3 heterocycles. The fraction of sp³-hybridized carbons (Fsp3) is 0.458. The Morgan fingerprint density at radius 3 is 2.78 bits per heavy atom. The maximum absolute atomic E-state index is 11.7. The Hall–Kier alpha value is -3.29. The molecular weight excluding hydrogens is 408 g/mol. The third-order valence-electron chi connectivity index (χ3n) is 6.19. The molecule has 8 heteroatoms. The third-order valence-corrected chi connectivity index (χ3v) is 6.19. The van der Waals surface area contributed by atoms with Gasteiger partial charge in [0.25, 0.3) is 0 Å².